The maximum absolute atomic E-state index is 12.9. The van der Waals surface area contributed by atoms with E-state index in [9.17, 15) is 14.4 Å². The van der Waals surface area contributed by atoms with Gasteiger partial charge in [-0.25, -0.2) is 0 Å². The molecule has 0 fully saturated rings. The molecule has 1 N–H and O–H groups in total. The van der Waals surface area contributed by atoms with Crippen LogP contribution < -0.4 is 16.4 Å². The zero-order chi connectivity index (χ0) is 21.8. The van der Waals surface area contributed by atoms with Gasteiger partial charge in [-0.3, -0.25) is 23.5 Å². The summed E-state index contributed by atoms with van der Waals surface area (Å²) in [5.41, 5.74) is 0.503. The Morgan fingerprint density at radius 3 is 2.26 bits per heavy atom. The van der Waals surface area contributed by atoms with Gasteiger partial charge in [0.2, 0.25) is 5.91 Å². The monoisotopic (exact) mass is 437 g/mol. The van der Waals surface area contributed by atoms with Crippen molar-refractivity contribution in [3.63, 3.8) is 0 Å². The molecule has 2 heterocycles. The Hall–Kier alpha value is -3.58. The van der Waals surface area contributed by atoms with Crippen LogP contribution in [0.2, 0.25) is 5.02 Å². The van der Waals surface area contributed by atoms with E-state index >= 15 is 0 Å². The third-order valence-corrected chi connectivity index (χ3v) is 5.22. The van der Waals surface area contributed by atoms with Crippen molar-refractivity contribution in [3.05, 3.63) is 104 Å². The Morgan fingerprint density at radius 1 is 0.903 bits per heavy atom. The zero-order valence-corrected chi connectivity index (χ0v) is 17.3. The van der Waals surface area contributed by atoms with Gasteiger partial charge >= 0.3 is 11.1 Å². The molecule has 2 aromatic heterocycles. The fraction of sp³-hybridized carbons (Fsp3) is 0.174. The van der Waals surface area contributed by atoms with Gasteiger partial charge in [0, 0.05) is 18.0 Å². The summed E-state index contributed by atoms with van der Waals surface area (Å²) in [4.78, 5) is 38.2. The molecule has 0 saturated carbocycles. The number of carbonyl (C=O) groups excluding carboxylic acids is 1. The largest absolute Gasteiger partial charge is 0.469 e. The number of para-hydroxylation sites is 2. The van der Waals surface area contributed by atoms with Gasteiger partial charge in [-0.05, 0) is 42.0 Å². The summed E-state index contributed by atoms with van der Waals surface area (Å²) in [6.45, 7) is 0.350. The van der Waals surface area contributed by atoms with Gasteiger partial charge in [-0.15, -0.1) is 0 Å². The molecule has 4 rings (SSSR count). The van der Waals surface area contributed by atoms with E-state index < -0.39 is 11.1 Å². The van der Waals surface area contributed by atoms with Crippen molar-refractivity contribution in [1.29, 1.82) is 0 Å². The van der Waals surface area contributed by atoms with Crippen molar-refractivity contribution in [1.82, 2.24) is 14.5 Å². The number of hydrogen-bond acceptors (Lipinski definition) is 4. The molecule has 8 heteroatoms. The normalized spacial score (nSPS) is 11.0. The van der Waals surface area contributed by atoms with Crippen LogP contribution in [0.25, 0.3) is 11.0 Å². The molecular formula is C23H20ClN3O4. The predicted octanol–water partition coefficient (Wildman–Crippen LogP) is 2.82. The summed E-state index contributed by atoms with van der Waals surface area (Å²) in [6.07, 6.45) is 2.11. The van der Waals surface area contributed by atoms with Gasteiger partial charge in [-0.1, -0.05) is 35.9 Å². The first kappa shape index (κ1) is 20.7. The number of halogens is 1. The Bertz CT molecular complexity index is 1320. The predicted molar refractivity (Wildman–Crippen MR) is 118 cm³/mol. The van der Waals surface area contributed by atoms with Gasteiger partial charge in [0.1, 0.15) is 12.3 Å². The van der Waals surface area contributed by atoms with Crippen molar-refractivity contribution in [3.8, 4) is 0 Å². The second-order valence-corrected chi connectivity index (χ2v) is 7.51. The highest BCUT2D eigenvalue weighted by molar-refractivity contribution is 6.30. The highest BCUT2D eigenvalue weighted by atomic mass is 35.5. The fourth-order valence-corrected chi connectivity index (χ4v) is 3.56. The molecule has 0 unspecified atom stereocenters. The number of aromatic nitrogens is 2. The second-order valence-electron chi connectivity index (χ2n) is 7.08. The maximum atomic E-state index is 12.9. The minimum atomic E-state index is -0.742. The molecule has 0 spiro atoms. The van der Waals surface area contributed by atoms with Gasteiger partial charge in [0.25, 0.3) is 0 Å². The van der Waals surface area contributed by atoms with Crippen molar-refractivity contribution < 1.29 is 9.21 Å². The summed E-state index contributed by atoms with van der Waals surface area (Å²) >= 11 is 5.94. The lowest BCUT2D eigenvalue weighted by atomic mass is 10.2. The van der Waals surface area contributed by atoms with Gasteiger partial charge < -0.3 is 9.73 Å². The Morgan fingerprint density at radius 2 is 1.58 bits per heavy atom. The molecule has 0 radical (unpaired) electrons. The fourth-order valence-electron chi connectivity index (χ4n) is 3.44. The minimum Gasteiger partial charge on any atom is -0.469 e. The highest BCUT2D eigenvalue weighted by Crippen LogP contribution is 2.14. The average Bonchev–Trinajstić information content (AvgIpc) is 3.29. The first-order chi connectivity index (χ1) is 15.0. The van der Waals surface area contributed by atoms with E-state index in [2.05, 4.69) is 5.32 Å². The SMILES string of the molecule is O=C(Cn1c(=O)c(=O)n(Cc2ccc(Cl)cc2)c2ccccc21)NCCc1ccco1. The first-order valence-electron chi connectivity index (χ1n) is 9.79. The van der Waals surface area contributed by atoms with Crippen LogP contribution in [0.4, 0.5) is 0 Å². The van der Waals surface area contributed by atoms with E-state index in [4.69, 9.17) is 16.0 Å². The molecule has 0 bridgehead atoms. The molecular weight excluding hydrogens is 418 g/mol. The van der Waals surface area contributed by atoms with Crippen LogP contribution in [0.1, 0.15) is 11.3 Å². The van der Waals surface area contributed by atoms with Gasteiger partial charge in [0.15, 0.2) is 0 Å². The Labute approximate surface area is 182 Å². The number of fused-ring (bicyclic) bond motifs is 1. The summed E-state index contributed by atoms with van der Waals surface area (Å²) in [5, 5.41) is 3.35. The standard InChI is InChI=1S/C23H20ClN3O4/c24-17-9-7-16(8-10-17)14-26-19-5-1-2-6-20(19)27(23(30)22(26)29)15-21(28)25-12-11-18-4-3-13-31-18/h1-10,13H,11-12,14-15H2,(H,25,28). The molecule has 31 heavy (non-hydrogen) atoms. The minimum absolute atomic E-state index is 0.224. The number of benzene rings is 2. The van der Waals surface area contributed by atoms with E-state index in [-0.39, 0.29) is 19.0 Å². The van der Waals surface area contributed by atoms with Crippen LogP contribution in [0.5, 0.6) is 0 Å². The smallest absolute Gasteiger partial charge is 0.317 e. The van der Waals surface area contributed by atoms with E-state index in [0.717, 1.165) is 11.3 Å². The van der Waals surface area contributed by atoms with Crippen molar-refractivity contribution >= 4 is 28.5 Å². The third-order valence-electron chi connectivity index (χ3n) is 4.97. The molecule has 4 aromatic rings. The molecule has 0 aliphatic rings. The quantitative estimate of drug-likeness (QED) is 0.450. The topological polar surface area (TPSA) is 86.2 Å². The van der Waals surface area contributed by atoms with Crippen molar-refractivity contribution in [2.75, 3.05) is 6.54 Å². The number of nitrogens with zero attached hydrogens (tertiary/aromatic N) is 2. The van der Waals surface area contributed by atoms with Crippen LogP contribution in [0.15, 0.2) is 80.9 Å². The summed E-state index contributed by atoms with van der Waals surface area (Å²) in [7, 11) is 0. The summed E-state index contributed by atoms with van der Waals surface area (Å²) in [6, 6.07) is 17.7. The summed E-state index contributed by atoms with van der Waals surface area (Å²) in [5.74, 6) is 0.404. The van der Waals surface area contributed by atoms with Crippen LogP contribution in [0.3, 0.4) is 0 Å². The number of nitrogens with one attached hydrogen (secondary N) is 1. The molecule has 0 aliphatic carbocycles. The lowest BCUT2D eigenvalue weighted by Crippen LogP contribution is -2.44. The number of hydrogen-bond donors (Lipinski definition) is 1. The molecule has 0 saturated heterocycles. The Kier molecular flexibility index (Phi) is 6.04. The van der Waals surface area contributed by atoms with E-state index in [1.54, 1.807) is 48.7 Å². The lowest BCUT2D eigenvalue weighted by Gasteiger charge is -2.15. The van der Waals surface area contributed by atoms with E-state index in [0.29, 0.717) is 29.0 Å². The molecule has 1 amide bonds. The van der Waals surface area contributed by atoms with Crippen LogP contribution in [-0.4, -0.2) is 21.6 Å². The first-order valence-corrected chi connectivity index (χ1v) is 10.2. The van der Waals surface area contributed by atoms with Crippen LogP contribution in [-0.2, 0) is 24.3 Å². The molecule has 0 aliphatic heterocycles. The molecule has 2 aromatic carbocycles. The van der Waals surface area contributed by atoms with Gasteiger partial charge in [-0.2, -0.15) is 0 Å². The molecule has 158 valence electrons. The van der Waals surface area contributed by atoms with Crippen LogP contribution >= 0.6 is 11.6 Å². The molecule has 7 nitrogen and oxygen atoms in total. The van der Waals surface area contributed by atoms with E-state index in [1.165, 1.54) is 9.13 Å². The van der Waals surface area contributed by atoms with Crippen LogP contribution in [0, 0.1) is 0 Å². The van der Waals surface area contributed by atoms with Gasteiger partial charge in [0.05, 0.1) is 23.8 Å². The maximum Gasteiger partial charge on any atom is 0.317 e. The lowest BCUT2D eigenvalue weighted by molar-refractivity contribution is -0.121. The number of amides is 1. The third kappa shape index (κ3) is 4.62. The second kappa shape index (κ2) is 9.06. The average molecular weight is 438 g/mol. The Balaban J connectivity index is 1.61. The summed E-state index contributed by atoms with van der Waals surface area (Å²) < 4.78 is 7.88. The van der Waals surface area contributed by atoms with Crippen molar-refractivity contribution in [2.45, 2.75) is 19.5 Å². The number of furan rings is 1. The van der Waals surface area contributed by atoms with Crippen molar-refractivity contribution in [2.24, 2.45) is 0 Å². The van der Waals surface area contributed by atoms with E-state index in [1.807, 2.05) is 18.2 Å². The number of rotatable bonds is 7. The number of carbonyl (C=O) groups is 1. The molecule has 0 atom stereocenters. The highest BCUT2D eigenvalue weighted by Gasteiger charge is 2.15. The zero-order valence-electron chi connectivity index (χ0n) is 16.6.